The van der Waals surface area contributed by atoms with Crippen molar-refractivity contribution in [3.63, 3.8) is 0 Å². The Balaban J connectivity index is 2.23. The molecule has 0 radical (unpaired) electrons. The first-order valence-electron chi connectivity index (χ1n) is 7.12. The molecule has 2 heterocycles. The highest BCUT2D eigenvalue weighted by atomic mass is 16.4. The maximum Gasteiger partial charge on any atom is 0.311 e. The highest BCUT2D eigenvalue weighted by molar-refractivity contribution is 5.93. The van der Waals surface area contributed by atoms with E-state index >= 15 is 0 Å². The summed E-state index contributed by atoms with van der Waals surface area (Å²) in [6.45, 7) is 8.53. The van der Waals surface area contributed by atoms with Crippen molar-refractivity contribution in [2.75, 3.05) is 13.1 Å². The van der Waals surface area contributed by atoms with Gasteiger partial charge in [0.2, 0.25) is 0 Å². The van der Waals surface area contributed by atoms with Gasteiger partial charge in [0.15, 0.2) is 0 Å². The van der Waals surface area contributed by atoms with Gasteiger partial charge < -0.3 is 10.0 Å². The van der Waals surface area contributed by atoms with Gasteiger partial charge in [0, 0.05) is 25.6 Å². The summed E-state index contributed by atoms with van der Waals surface area (Å²) in [5, 5.41) is 13.7. The van der Waals surface area contributed by atoms with Crippen molar-refractivity contribution in [1.82, 2.24) is 14.7 Å². The number of carbonyl (C=O) groups is 2. The molecule has 1 saturated heterocycles. The van der Waals surface area contributed by atoms with Crippen molar-refractivity contribution in [3.05, 3.63) is 17.5 Å². The van der Waals surface area contributed by atoms with Gasteiger partial charge >= 0.3 is 5.97 Å². The number of aryl methyl sites for hydroxylation is 1. The molecule has 0 aliphatic carbocycles. The van der Waals surface area contributed by atoms with Crippen molar-refractivity contribution in [3.8, 4) is 0 Å². The predicted molar refractivity (Wildman–Crippen MR) is 78.2 cm³/mol. The van der Waals surface area contributed by atoms with Crippen molar-refractivity contribution in [1.29, 1.82) is 0 Å². The minimum atomic E-state index is -0.849. The SMILES string of the molecule is Cn1nc(C(C)(C)C)cc1C(=O)N1CCC(C)(C(=O)O)C1. The molecule has 1 aromatic heterocycles. The highest BCUT2D eigenvalue weighted by Gasteiger charge is 2.42. The molecule has 1 unspecified atom stereocenters. The molecular weight excluding hydrogens is 270 g/mol. The number of hydrogen-bond acceptors (Lipinski definition) is 3. The molecule has 0 aromatic carbocycles. The molecular formula is C15H23N3O3. The van der Waals surface area contributed by atoms with Crippen LogP contribution in [0.5, 0.6) is 0 Å². The number of aliphatic carboxylic acids is 1. The van der Waals surface area contributed by atoms with Gasteiger partial charge in [-0.15, -0.1) is 0 Å². The third kappa shape index (κ3) is 2.80. The number of rotatable bonds is 2. The minimum absolute atomic E-state index is 0.128. The average molecular weight is 293 g/mol. The fourth-order valence-corrected chi connectivity index (χ4v) is 2.50. The molecule has 1 N–H and O–H groups in total. The summed E-state index contributed by atoms with van der Waals surface area (Å²) in [5.41, 5.74) is 0.390. The number of likely N-dealkylation sites (tertiary alicyclic amines) is 1. The van der Waals surface area contributed by atoms with Crippen LogP contribution in [0.3, 0.4) is 0 Å². The number of carbonyl (C=O) groups excluding carboxylic acids is 1. The van der Waals surface area contributed by atoms with Crippen LogP contribution in [0.1, 0.15) is 50.3 Å². The van der Waals surface area contributed by atoms with Crippen molar-refractivity contribution in [2.24, 2.45) is 12.5 Å². The van der Waals surface area contributed by atoms with Gasteiger partial charge in [-0.25, -0.2) is 0 Å². The zero-order chi connectivity index (χ0) is 16.0. The summed E-state index contributed by atoms with van der Waals surface area (Å²) in [6.07, 6.45) is 0.484. The first-order chi connectivity index (χ1) is 9.54. The molecule has 1 aliphatic rings. The summed E-state index contributed by atoms with van der Waals surface area (Å²) in [5.74, 6) is -0.997. The van der Waals surface area contributed by atoms with E-state index in [1.54, 1.807) is 29.6 Å². The Hall–Kier alpha value is -1.85. The second kappa shape index (κ2) is 4.86. The summed E-state index contributed by atoms with van der Waals surface area (Å²) in [7, 11) is 1.74. The second-order valence-corrected chi connectivity index (χ2v) is 7.13. The van der Waals surface area contributed by atoms with E-state index in [0.717, 1.165) is 5.69 Å². The molecule has 1 aromatic rings. The third-order valence-electron chi connectivity index (χ3n) is 4.14. The van der Waals surface area contributed by atoms with Gasteiger partial charge in [0.1, 0.15) is 5.69 Å². The monoisotopic (exact) mass is 293 g/mol. The molecule has 0 bridgehead atoms. The molecule has 2 rings (SSSR count). The van der Waals surface area contributed by atoms with Gasteiger partial charge in [-0.3, -0.25) is 14.3 Å². The number of carboxylic acid groups (broad SMARTS) is 1. The molecule has 6 nitrogen and oxygen atoms in total. The number of amides is 1. The van der Waals surface area contributed by atoms with E-state index in [1.165, 1.54) is 0 Å². The molecule has 1 aliphatic heterocycles. The predicted octanol–water partition coefficient (Wildman–Crippen LogP) is 1.65. The lowest BCUT2D eigenvalue weighted by atomic mass is 9.90. The molecule has 0 saturated carbocycles. The van der Waals surface area contributed by atoms with Gasteiger partial charge in [-0.1, -0.05) is 20.8 Å². The number of carboxylic acids is 1. The summed E-state index contributed by atoms with van der Waals surface area (Å²) in [4.78, 5) is 25.5. The summed E-state index contributed by atoms with van der Waals surface area (Å²) >= 11 is 0. The smallest absolute Gasteiger partial charge is 0.311 e. The Kier molecular flexibility index (Phi) is 3.59. The maximum absolute atomic E-state index is 12.6. The summed E-state index contributed by atoms with van der Waals surface area (Å²) < 4.78 is 1.58. The van der Waals surface area contributed by atoms with E-state index in [0.29, 0.717) is 18.7 Å². The van der Waals surface area contributed by atoms with Crippen molar-refractivity contribution < 1.29 is 14.7 Å². The van der Waals surface area contributed by atoms with Crippen LogP contribution >= 0.6 is 0 Å². The first kappa shape index (κ1) is 15.5. The van der Waals surface area contributed by atoms with E-state index < -0.39 is 11.4 Å². The van der Waals surface area contributed by atoms with Crippen LogP contribution in [-0.2, 0) is 17.3 Å². The lowest BCUT2D eigenvalue weighted by Crippen LogP contribution is -2.35. The van der Waals surface area contributed by atoms with Crippen LogP contribution in [0.15, 0.2) is 6.07 Å². The third-order valence-corrected chi connectivity index (χ3v) is 4.14. The maximum atomic E-state index is 12.6. The summed E-state index contributed by atoms with van der Waals surface area (Å²) in [6, 6.07) is 1.80. The number of aromatic nitrogens is 2. The van der Waals surface area contributed by atoms with Crippen LogP contribution in [0.25, 0.3) is 0 Å². The van der Waals surface area contributed by atoms with E-state index in [4.69, 9.17) is 0 Å². The van der Waals surface area contributed by atoms with E-state index in [-0.39, 0.29) is 17.9 Å². The van der Waals surface area contributed by atoms with Crippen LogP contribution in [0, 0.1) is 5.41 Å². The molecule has 6 heteroatoms. The van der Waals surface area contributed by atoms with Crippen molar-refractivity contribution in [2.45, 2.75) is 39.5 Å². The Bertz CT molecular complexity index is 585. The lowest BCUT2D eigenvalue weighted by Gasteiger charge is -2.20. The van der Waals surface area contributed by atoms with E-state index in [2.05, 4.69) is 5.10 Å². The quantitative estimate of drug-likeness (QED) is 0.899. The molecule has 1 atom stereocenters. The Morgan fingerprint density at radius 3 is 2.43 bits per heavy atom. The standard InChI is InChI=1S/C15H23N3O3/c1-14(2,3)11-8-10(17(5)16-11)12(19)18-7-6-15(4,9-18)13(20)21/h8H,6-7,9H2,1-5H3,(H,20,21). The van der Waals surface area contributed by atoms with Gasteiger partial charge in [-0.05, 0) is 19.4 Å². The van der Waals surface area contributed by atoms with Crippen LogP contribution in [-0.4, -0.2) is 44.8 Å². The Morgan fingerprint density at radius 2 is 2.00 bits per heavy atom. The topological polar surface area (TPSA) is 75.4 Å². The van der Waals surface area contributed by atoms with Crippen LogP contribution in [0.2, 0.25) is 0 Å². The van der Waals surface area contributed by atoms with Crippen LogP contribution < -0.4 is 0 Å². The largest absolute Gasteiger partial charge is 0.481 e. The molecule has 1 fully saturated rings. The second-order valence-electron chi connectivity index (χ2n) is 7.13. The molecule has 0 spiro atoms. The fourth-order valence-electron chi connectivity index (χ4n) is 2.50. The zero-order valence-corrected chi connectivity index (χ0v) is 13.3. The zero-order valence-electron chi connectivity index (χ0n) is 13.3. The van der Waals surface area contributed by atoms with Gasteiger partial charge in [0.05, 0.1) is 11.1 Å². The van der Waals surface area contributed by atoms with E-state index in [9.17, 15) is 14.7 Å². The molecule has 116 valence electrons. The number of hydrogen-bond donors (Lipinski definition) is 1. The minimum Gasteiger partial charge on any atom is -0.481 e. The van der Waals surface area contributed by atoms with Gasteiger partial charge in [-0.2, -0.15) is 5.10 Å². The Morgan fingerprint density at radius 1 is 1.38 bits per heavy atom. The van der Waals surface area contributed by atoms with E-state index in [1.807, 2.05) is 20.8 Å². The average Bonchev–Trinajstić information content (AvgIpc) is 2.92. The first-order valence-corrected chi connectivity index (χ1v) is 7.12. The van der Waals surface area contributed by atoms with Crippen molar-refractivity contribution >= 4 is 11.9 Å². The molecule has 21 heavy (non-hydrogen) atoms. The normalized spacial score (nSPS) is 22.6. The Labute approximate surface area is 124 Å². The molecule has 1 amide bonds. The van der Waals surface area contributed by atoms with Gasteiger partial charge in [0.25, 0.3) is 5.91 Å². The number of nitrogens with zero attached hydrogens (tertiary/aromatic N) is 3. The lowest BCUT2D eigenvalue weighted by molar-refractivity contribution is -0.147. The fraction of sp³-hybridized carbons (Fsp3) is 0.667. The van der Waals surface area contributed by atoms with Crippen LogP contribution in [0.4, 0.5) is 0 Å². The highest BCUT2D eigenvalue weighted by Crippen LogP contribution is 2.31.